The van der Waals surface area contributed by atoms with Crippen molar-refractivity contribution >= 4 is 16.7 Å². The summed E-state index contributed by atoms with van der Waals surface area (Å²) < 4.78 is 15.4. The highest BCUT2D eigenvalue weighted by Gasteiger charge is 2.16. The molecule has 19 heavy (non-hydrogen) atoms. The van der Waals surface area contributed by atoms with Crippen LogP contribution in [0.15, 0.2) is 48.7 Å². The van der Waals surface area contributed by atoms with Gasteiger partial charge < -0.3 is 0 Å². The zero-order valence-electron chi connectivity index (χ0n) is 10.3. The molecule has 0 bridgehead atoms. The molecular formula is C15H11FN2O. The summed E-state index contributed by atoms with van der Waals surface area (Å²) in [7, 11) is 0. The summed E-state index contributed by atoms with van der Waals surface area (Å²) in [5.74, 6) is -0.836. The van der Waals surface area contributed by atoms with Gasteiger partial charge in [0.05, 0.1) is 23.0 Å². The molecule has 0 aliphatic carbocycles. The number of halogens is 1. The van der Waals surface area contributed by atoms with E-state index in [9.17, 15) is 9.18 Å². The number of hydrogen-bond donors (Lipinski definition) is 0. The summed E-state index contributed by atoms with van der Waals surface area (Å²) in [6, 6.07) is 12.2. The molecule has 0 amide bonds. The van der Waals surface area contributed by atoms with Crippen LogP contribution in [-0.2, 0) is 0 Å². The van der Waals surface area contributed by atoms with Crippen molar-refractivity contribution in [1.29, 1.82) is 0 Å². The van der Waals surface area contributed by atoms with Crippen LogP contribution in [0.25, 0.3) is 16.6 Å². The molecule has 4 heteroatoms. The Morgan fingerprint density at radius 1 is 1.16 bits per heavy atom. The zero-order chi connectivity index (χ0) is 13.4. The van der Waals surface area contributed by atoms with Crippen LogP contribution < -0.4 is 0 Å². The quantitative estimate of drug-likeness (QED) is 0.657. The number of para-hydroxylation sites is 1. The number of ketones is 1. The Balaban J connectivity index is 2.33. The van der Waals surface area contributed by atoms with Crippen LogP contribution in [0.3, 0.4) is 0 Å². The van der Waals surface area contributed by atoms with E-state index in [1.807, 2.05) is 24.3 Å². The highest BCUT2D eigenvalue weighted by atomic mass is 19.1. The summed E-state index contributed by atoms with van der Waals surface area (Å²) in [4.78, 5) is 11.6. The lowest BCUT2D eigenvalue weighted by Crippen LogP contribution is -2.07. The Bertz CT molecular complexity index is 777. The average molecular weight is 254 g/mol. The SMILES string of the molecule is CC(=O)c1c(F)cccc1-n1ncc2ccccc21. The first-order valence-electron chi connectivity index (χ1n) is 5.91. The Morgan fingerprint density at radius 2 is 1.95 bits per heavy atom. The summed E-state index contributed by atoms with van der Waals surface area (Å²) in [5.41, 5.74) is 1.38. The highest BCUT2D eigenvalue weighted by molar-refractivity contribution is 5.98. The van der Waals surface area contributed by atoms with Crippen LogP contribution in [-0.4, -0.2) is 15.6 Å². The largest absolute Gasteiger partial charge is 0.294 e. The maximum atomic E-state index is 13.8. The van der Waals surface area contributed by atoms with E-state index in [0.29, 0.717) is 5.69 Å². The fraction of sp³-hybridized carbons (Fsp3) is 0.0667. The van der Waals surface area contributed by atoms with Gasteiger partial charge in [-0.1, -0.05) is 24.3 Å². The summed E-state index contributed by atoms with van der Waals surface area (Å²) in [6.07, 6.45) is 1.70. The molecule has 1 aromatic heterocycles. The average Bonchev–Trinajstić information content (AvgIpc) is 2.81. The van der Waals surface area contributed by atoms with Gasteiger partial charge in [0.1, 0.15) is 5.82 Å². The van der Waals surface area contributed by atoms with Crippen LogP contribution in [0.1, 0.15) is 17.3 Å². The van der Waals surface area contributed by atoms with Gasteiger partial charge in [-0.2, -0.15) is 5.10 Å². The summed E-state index contributed by atoms with van der Waals surface area (Å²) in [6.45, 7) is 1.35. The van der Waals surface area contributed by atoms with E-state index < -0.39 is 5.82 Å². The van der Waals surface area contributed by atoms with Gasteiger partial charge in [0.25, 0.3) is 0 Å². The van der Waals surface area contributed by atoms with E-state index in [0.717, 1.165) is 10.9 Å². The Morgan fingerprint density at radius 3 is 2.74 bits per heavy atom. The van der Waals surface area contributed by atoms with Gasteiger partial charge >= 0.3 is 0 Å². The van der Waals surface area contributed by atoms with Crippen LogP contribution in [0.5, 0.6) is 0 Å². The van der Waals surface area contributed by atoms with Crippen molar-refractivity contribution in [3.63, 3.8) is 0 Å². The third kappa shape index (κ3) is 1.81. The van der Waals surface area contributed by atoms with Crippen LogP contribution in [0, 0.1) is 5.82 Å². The number of carbonyl (C=O) groups is 1. The van der Waals surface area contributed by atoms with Gasteiger partial charge in [0, 0.05) is 5.39 Å². The van der Waals surface area contributed by atoms with Crippen molar-refractivity contribution in [3.8, 4) is 5.69 Å². The van der Waals surface area contributed by atoms with Crippen molar-refractivity contribution < 1.29 is 9.18 Å². The monoisotopic (exact) mass is 254 g/mol. The fourth-order valence-corrected chi connectivity index (χ4v) is 2.20. The molecule has 0 saturated heterocycles. The van der Waals surface area contributed by atoms with E-state index >= 15 is 0 Å². The normalized spacial score (nSPS) is 10.8. The molecule has 1 heterocycles. The van der Waals surface area contributed by atoms with E-state index in [1.165, 1.54) is 13.0 Å². The fourth-order valence-electron chi connectivity index (χ4n) is 2.20. The lowest BCUT2D eigenvalue weighted by molar-refractivity contribution is 0.101. The minimum absolute atomic E-state index is 0.0661. The molecule has 0 spiro atoms. The van der Waals surface area contributed by atoms with Gasteiger partial charge in [0.2, 0.25) is 0 Å². The topological polar surface area (TPSA) is 34.9 Å². The maximum absolute atomic E-state index is 13.8. The molecule has 3 aromatic rings. The number of aromatic nitrogens is 2. The molecule has 0 saturated carbocycles. The van der Waals surface area contributed by atoms with Gasteiger partial charge in [-0.25, -0.2) is 9.07 Å². The molecule has 3 rings (SSSR count). The lowest BCUT2D eigenvalue weighted by Gasteiger charge is -2.09. The number of benzene rings is 2. The van der Waals surface area contributed by atoms with Crippen molar-refractivity contribution in [2.24, 2.45) is 0 Å². The Labute approximate surface area is 109 Å². The molecule has 3 nitrogen and oxygen atoms in total. The number of hydrogen-bond acceptors (Lipinski definition) is 2. The van der Waals surface area contributed by atoms with Gasteiger partial charge in [0.15, 0.2) is 5.78 Å². The smallest absolute Gasteiger partial charge is 0.164 e. The molecule has 2 aromatic carbocycles. The zero-order valence-corrected chi connectivity index (χ0v) is 10.3. The van der Waals surface area contributed by atoms with E-state index in [4.69, 9.17) is 0 Å². The molecule has 0 N–H and O–H groups in total. The van der Waals surface area contributed by atoms with E-state index in [2.05, 4.69) is 5.10 Å². The second kappa shape index (κ2) is 4.31. The van der Waals surface area contributed by atoms with Gasteiger partial charge in [-0.3, -0.25) is 4.79 Å². The third-order valence-corrected chi connectivity index (χ3v) is 3.05. The van der Waals surface area contributed by atoms with Crippen molar-refractivity contribution in [1.82, 2.24) is 9.78 Å². The number of carbonyl (C=O) groups excluding carboxylic acids is 1. The first-order valence-corrected chi connectivity index (χ1v) is 5.91. The standard InChI is InChI=1S/C15H11FN2O/c1-10(19)15-12(16)6-4-8-14(15)18-13-7-3-2-5-11(13)9-17-18/h2-9H,1H3. The van der Waals surface area contributed by atoms with E-state index in [1.54, 1.807) is 23.0 Å². The van der Waals surface area contributed by atoms with Crippen molar-refractivity contribution in [3.05, 3.63) is 60.0 Å². The first kappa shape index (κ1) is 11.6. The molecule has 0 radical (unpaired) electrons. The van der Waals surface area contributed by atoms with Crippen LogP contribution in [0.4, 0.5) is 4.39 Å². The van der Waals surface area contributed by atoms with Gasteiger partial charge in [-0.15, -0.1) is 0 Å². The number of Topliss-reactive ketones (excluding diaryl/α,β-unsaturated/α-hetero) is 1. The second-order valence-corrected chi connectivity index (χ2v) is 4.31. The number of fused-ring (bicyclic) bond motifs is 1. The third-order valence-electron chi connectivity index (χ3n) is 3.05. The second-order valence-electron chi connectivity index (χ2n) is 4.31. The molecule has 94 valence electrons. The number of rotatable bonds is 2. The molecule has 0 fully saturated rings. The maximum Gasteiger partial charge on any atom is 0.164 e. The predicted molar refractivity (Wildman–Crippen MR) is 71.0 cm³/mol. The molecule has 0 aliphatic rings. The van der Waals surface area contributed by atoms with E-state index in [-0.39, 0.29) is 11.3 Å². The Hall–Kier alpha value is -2.49. The Kier molecular flexibility index (Phi) is 2.63. The first-order chi connectivity index (χ1) is 9.18. The van der Waals surface area contributed by atoms with Crippen molar-refractivity contribution in [2.45, 2.75) is 6.92 Å². The molecule has 0 unspecified atom stereocenters. The molecule has 0 atom stereocenters. The van der Waals surface area contributed by atoms with Crippen LogP contribution >= 0.6 is 0 Å². The predicted octanol–water partition coefficient (Wildman–Crippen LogP) is 3.37. The molecule has 0 aliphatic heterocycles. The lowest BCUT2D eigenvalue weighted by atomic mass is 10.1. The summed E-state index contributed by atoms with van der Waals surface area (Å²) in [5, 5.41) is 5.19. The van der Waals surface area contributed by atoms with Crippen LogP contribution in [0.2, 0.25) is 0 Å². The molecular weight excluding hydrogens is 243 g/mol. The van der Waals surface area contributed by atoms with Crippen molar-refractivity contribution in [2.75, 3.05) is 0 Å². The highest BCUT2D eigenvalue weighted by Crippen LogP contribution is 2.23. The minimum Gasteiger partial charge on any atom is -0.294 e. The summed E-state index contributed by atoms with van der Waals surface area (Å²) >= 11 is 0. The minimum atomic E-state index is -0.524. The van der Waals surface area contributed by atoms with Gasteiger partial charge in [-0.05, 0) is 25.1 Å². The number of nitrogens with zero attached hydrogens (tertiary/aromatic N) is 2.